The van der Waals surface area contributed by atoms with Crippen LogP contribution in [0.2, 0.25) is 0 Å². The van der Waals surface area contributed by atoms with Gasteiger partial charge in [-0.15, -0.1) is 0 Å². The third-order valence-corrected chi connectivity index (χ3v) is 3.44. The third kappa shape index (κ3) is 6.18. The number of nitrogens with zero attached hydrogens (tertiary/aromatic N) is 2. The van der Waals surface area contributed by atoms with Crippen molar-refractivity contribution in [2.24, 2.45) is 5.92 Å². The van der Waals surface area contributed by atoms with Crippen molar-refractivity contribution in [2.45, 2.75) is 20.8 Å². The van der Waals surface area contributed by atoms with Crippen LogP contribution in [0, 0.1) is 12.8 Å². The molecule has 0 saturated carbocycles. The molecule has 0 bridgehead atoms. The molecule has 2 amide bonds. The number of anilines is 1. The van der Waals surface area contributed by atoms with E-state index in [0.29, 0.717) is 29.4 Å². The zero-order valence-electron chi connectivity index (χ0n) is 15.5. The number of carbonyl (C=O) groups is 3. The number of hydrogen-bond donors (Lipinski definition) is 2. The lowest BCUT2D eigenvalue weighted by Gasteiger charge is -2.12. The van der Waals surface area contributed by atoms with Crippen LogP contribution in [0.4, 0.5) is 5.69 Å². The van der Waals surface area contributed by atoms with E-state index in [1.807, 2.05) is 13.8 Å². The maximum absolute atomic E-state index is 12.3. The minimum absolute atomic E-state index is 0.0156. The van der Waals surface area contributed by atoms with Crippen molar-refractivity contribution in [1.29, 1.82) is 0 Å². The fourth-order valence-electron chi connectivity index (χ4n) is 2.07. The van der Waals surface area contributed by atoms with Crippen LogP contribution < -0.4 is 10.6 Å². The molecule has 142 valence electrons. The number of ether oxygens (including phenoxy) is 1. The van der Waals surface area contributed by atoms with E-state index in [0.717, 1.165) is 0 Å². The van der Waals surface area contributed by atoms with Gasteiger partial charge in [0.15, 0.2) is 12.3 Å². The Morgan fingerprint density at radius 1 is 1.11 bits per heavy atom. The first-order valence-electron chi connectivity index (χ1n) is 8.49. The molecule has 0 saturated heterocycles. The van der Waals surface area contributed by atoms with Gasteiger partial charge in [0.2, 0.25) is 0 Å². The van der Waals surface area contributed by atoms with E-state index in [1.54, 1.807) is 31.2 Å². The lowest BCUT2D eigenvalue weighted by Crippen LogP contribution is -2.29. The summed E-state index contributed by atoms with van der Waals surface area (Å²) in [5.41, 5.74) is 1.36. The summed E-state index contributed by atoms with van der Waals surface area (Å²) in [5, 5.41) is 5.38. The van der Waals surface area contributed by atoms with Gasteiger partial charge in [-0.2, -0.15) is 0 Å². The van der Waals surface area contributed by atoms with Crippen molar-refractivity contribution < 1.29 is 19.1 Å². The number of rotatable bonds is 7. The Hall–Kier alpha value is -3.29. The molecule has 8 heteroatoms. The average molecular weight is 370 g/mol. The number of aromatic nitrogens is 2. The van der Waals surface area contributed by atoms with Crippen molar-refractivity contribution in [3.63, 3.8) is 0 Å². The minimum atomic E-state index is -0.749. The van der Waals surface area contributed by atoms with Gasteiger partial charge in [0.25, 0.3) is 11.8 Å². The molecule has 8 nitrogen and oxygen atoms in total. The number of esters is 1. The van der Waals surface area contributed by atoms with Crippen LogP contribution in [-0.4, -0.2) is 40.9 Å². The highest BCUT2D eigenvalue weighted by atomic mass is 16.5. The van der Waals surface area contributed by atoms with E-state index in [-0.39, 0.29) is 11.6 Å². The van der Waals surface area contributed by atoms with Crippen LogP contribution in [0.25, 0.3) is 0 Å². The number of nitrogens with one attached hydrogen (secondary N) is 2. The summed E-state index contributed by atoms with van der Waals surface area (Å²) in [7, 11) is 0. The largest absolute Gasteiger partial charge is 0.451 e. The van der Waals surface area contributed by atoms with Crippen molar-refractivity contribution in [3.8, 4) is 0 Å². The van der Waals surface area contributed by atoms with Crippen LogP contribution in [0.15, 0.2) is 36.7 Å². The van der Waals surface area contributed by atoms with Crippen LogP contribution in [0.1, 0.15) is 40.4 Å². The number of hydrogen-bond acceptors (Lipinski definition) is 6. The van der Waals surface area contributed by atoms with Gasteiger partial charge >= 0.3 is 5.97 Å². The molecule has 0 aliphatic heterocycles. The Labute approximate surface area is 157 Å². The Bertz CT molecular complexity index is 819. The number of carbonyl (C=O) groups excluding carboxylic acids is 3. The van der Waals surface area contributed by atoms with Crippen molar-refractivity contribution >= 4 is 23.5 Å². The highest BCUT2D eigenvalue weighted by molar-refractivity contribution is 6.04. The highest BCUT2D eigenvalue weighted by Crippen LogP contribution is 2.15. The van der Waals surface area contributed by atoms with Gasteiger partial charge in [0, 0.05) is 12.7 Å². The van der Waals surface area contributed by atoms with Crippen LogP contribution in [0.5, 0.6) is 0 Å². The fourth-order valence-corrected chi connectivity index (χ4v) is 2.07. The SMILES string of the molecule is Cc1cnc(C(=O)OCC(=O)Nc2ccccc2C(=O)NCC(C)C)cn1. The normalized spacial score (nSPS) is 10.4. The van der Waals surface area contributed by atoms with E-state index < -0.39 is 18.5 Å². The molecule has 0 spiro atoms. The van der Waals surface area contributed by atoms with Crippen LogP contribution >= 0.6 is 0 Å². The lowest BCUT2D eigenvalue weighted by atomic mass is 10.1. The van der Waals surface area contributed by atoms with Crippen LogP contribution in [-0.2, 0) is 9.53 Å². The number of amides is 2. The van der Waals surface area contributed by atoms with Gasteiger partial charge in [-0.1, -0.05) is 26.0 Å². The Morgan fingerprint density at radius 3 is 2.52 bits per heavy atom. The molecule has 2 N–H and O–H groups in total. The highest BCUT2D eigenvalue weighted by Gasteiger charge is 2.15. The van der Waals surface area contributed by atoms with Gasteiger partial charge in [-0.05, 0) is 25.0 Å². The van der Waals surface area contributed by atoms with Gasteiger partial charge in [0.1, 0.15) is 0 Å². The molecule has 0 aliphatic carbocycles. The summed E-state index contributed by atoms with van der Waals surface area (Å²) >= 11 is 0. The number of aryl methyl sites for hydroxylation is 1. The maximum Gasteiger partial charge on any atom is 0.359 e. The summed E-state index contributed by atoms with van der Waals surface area (Å²) in [5.74, 6) is -1.29. The molecular formula is C19H22N4O4. The van der Waals surface area contributed by atoms with Crippen molar-refractivity contribution in [1.82, 2.24) is 15.3 Å². The zero-order chi connectivity index (χ0) is 19.8. The maximum atomic E-state index is 12.3. The van der Waals surface area contributed by atoms with E-state index in [1.165, 1.54) is 12.4 Å². The first-order valence-corrected chi connectivity index (χ1v) is 8.49. The standard InChI is InChI=1S/C19H22N4O4/c1-12(2)8-22-18(25)14-6-4-5-7-15(14)23-17(24)11-27-19(26)16-10-20-13(3)9-21-16/h4-7,9-10,12H,8,11H2,1-3H3,(H,22,25)(H,23,24). The molecule has 0 fully saturated rings. The Morgan fingerprint density at radius 2 is 1.85 bits per heavy atom. The second-order valence-corrected chi connectivity index (χ2v) is 6.32. The second-order valence-electron chi connectivity index (χ2n) is 6.32. The molecule has 0 radical (unpaired) electrons. The number of benzene rings is 1. The minimum Gasteiger partial charge on any atom is -0.451 e. The molecule has 1 aromatic carbocycles. The second kappa shape index (κ2) is 9.42. The summed E-state index contributed by atoms with van der Waals surface area (Å²) < 4.78 is 4.93. The van der Waals surface area contributed by atoms with E-state index >= 15 is 0 Å². The predicted molar refractivity (Wildman–Crippen MR) is 99.3 cm³/mol. The first-order chi connectivity index (χ1) is 12.9. The van der Waals surface area contributed by atoms with E-state index in [9.17, 15) is 14.4 Å². The zero-order valence-corrected chi connectivity index (χ0v) is 15.5. The predicted octanol–water partition coefficient (Wildman–Crippen LogP) is 1.97. The monoisotopic (exact) mass is 370 g/mol. The van der Waals surface area contributed by atoms with E-state index in [4.69, 9.17) is 4.74 Å². The average Bonchev–Trinajstić information content (AvgIpc) is 2.65. The van der Waals surface area contributed by atoms with Crippen molar-refractivity contribution in [2.75, 3.05) is 18.5 Å². The smallest absolute Gasteiger partial charge is 0.359 e. The molecular weight excluding hydrogens is 348 g/mol. The quantitative estimate of drug-likeness (QED) is 0.721. The molecule has 2 aromatic rings. The van der Waals surface area contributed by atoms with Crippen molar-refractivity contribution in [3.05, 3.63) is 53.6 Å². The summed E-state index contributed by atoms with van der Waals surface area (Å²) in [6.07, 6.45) is 2.71. The van der Waals surface area contributed by atoms with Gasteiger partial charge in [0.05, 0.1) is 23.1 Å². The molecule has 0 unspecified atom stereocenters. The molecule has 0 aliphatic rings. The van der Waals surface area contributed by atoms with Gasteiger partial charge < -0.3 is 15.4 Å². The molecule has 0 atom stereocenters. The number of para-hydroxylation sites is 1. The lowest BCUT2D eigenvalue weighted by molar-refractivity contribution is -0.119. The van der Waals surface area contributed by atoms with Gasteiger partial charge in [-0.3, -0.25) is 14.6 Å². The summed E-state index contributed by atoms with van der Waals surface area (Å²) in [6, 6.07) is 6.62. The summed E-state index contributed by atoms with van der Waals surface area (Å²) in [4.78, 5) is 44.1. The molecule has 1 heterocycles. The Kier molecular flexibility index (Phi) is 6.99. The fraction of sp³-hybridized carbons (Fsp3) is 0.316. The van der Waals surface area contributed by atoms with Crippen LogP contribution in [0.3, 0.4) is 0 Å². The van der Waals surface area contributed by atoms with Gasteiger partial charge in [-0.25, -0.2) is 9.78 Å². The molecule has 27 heavy (non-hydrogen) atoms. The summed E-state index contributed by atoms with van der Waals surface area (Å²) in [6.45, 7) is 5.73. The molecule has 1 aromatic heterocycles. The first kappa shape index (κ1) is 20.0. The van der Waals surface area contributed by atoms with E-state index in [2.05, 4.69) is 20.6 Å². The third-order valence-electron chi connectivity index (χ3n) is 3.44. The topological polar surface area (TPSA) is 110 Å². The molecule has 2 rings (SSSR count). The Balaban J connectivity index is 1.94.